The maximum Gasteiger partial charge on any atom is 0.313 e. The largest absolute Gasteiger partial charge is 0.369 e. The van der Waals surface area contributed by atoms with Gasteiger partial charge in [0.25, 0.3) is 5.69 Å². The number of nitrogens with one attached hydrogen (secondary N) is 2. The molecule has 0 saturated carbocycles. The summed E-state index contributed by atoms with van der Waals surface area (Å²) in [6.07, 6.45) is 0. The molecule has 164 valence electrons. The summed E-state index contributed by atoms with van der Waals surface area (Å²) in [6, 6.07) is 12.1. The van der Waals surface area contributed by atoms with Crippen molar-refractivity contribution in [1.82, 2.24) is 10.2 Å². The Kier molecular flexibility index (Phi) is 7.43. The first-order chi connectivity index (χ1) is 14.8. The van der Waals surface area contributed by atoms with Gasteiger partial charge in [-0.3, -0.25) is 24.6 Å². The van der Waals surface area contributed by atoms with Gasteiger partial charge in [0.1, 0.15) is 5.69 Å². The van der Waals surface area contributed by atoms with E-state index in [-0.39, 0.29) is 11.4 Å². The summed E-state index contributed by atoms with van der Waals surface area (Å²) in [5.74, 6) is -1.76. The summed E-state index contributed by atoms with van der Waals surface area (Å²) >= 11 is 5.93. The summed E-state index contributed by atoms with van der Waals surface area (Å²) in [4.78, 5) is 39.2. The average Bonchev–Trinajstić information content (AvgIpc) is 2.75. The first-order valence-electron chi connectivity index (χ1n) is 9.90. The summed E-state index contributed by atoms with van der Waals surface area (Å²) in [5, 5.41) is 16.7. The van der Waals surface area contributed by atoms with Gasteiger partial charge >= 0.3 is 11.8 Å². The highest BCUT2D eigenvalue weighted by atomic mass is 35.5. The summed E-state index contributed by atoms with van der Waals surface area (Å²) in [6.45, 7) is 6.00. The number of hydrogen-bond donors (Lipinski definition) is 2. The highest BCUT2D eigenvalue weighted by molar-refractivity contribution is 6.39. The molecule has 1 aliphatic heterocycles. The van der Waals surface area contributed by atoms with Crippen LogP contribution in [0.15, 0.2) is 42.5 Å². The van der Waals surface area contributed by atoms with Gasteiger partial charge in [0.05, 0.1) is 4.92 Å². The van der Waals surface area contributed by atoms with Gasteiger partial charge in [-0.25, -0.2) is 0 Å². The van der Waals surface area contributed by atoms with E-state index in [1.54, 1.807) is 13.0 Å². The zero-order valence-electron chi connectivity index (χ0n) is 17.1. The van der Waals surface area contributed by atoms with Crippen LogP contribution in [0.5, 0.6) is 0 Å². The summed E-state index contributed by atoms with van der Waals surface area (Å²) < 4.78 is 0. The fraction of sp³-hybridized carbons (Fsp3) is 0.333. The molecule has 2 amide bonds. The number of aryl methyl sites for hydroxylation is 1. The molecule has 3 rings (SSSR count). The first-order valence-corrected chi connectivity index (χ1v) is 10.3. The Balaban J connectivity index is 1.42. The van der Waals surface area contributed by atoms with Crippen molar-refractivity contribution in [2.45, 2.75) is 6.92 Å². The van der Waals surface area contributed by atoms with Gasteiger partial charge in [0.2, 0.25) is 0 Å². The lowest BCUT2D eigenvalue weighted by Gasteiger charge is -2.36. The van der Waals surface area contributed by atoms with Crippen molar-refractivity contribution < 1.29 is 14.5 Å². The number of halogens is 1. The molecule has 1 fully saturated rings. The van der Waals surface area contributed by atoms with Crippen LogP contribution in [0.3, 0.4) is 0 Å². The zero-order valence-corrected chi connectivity index (χ0v) is 17.9. The summed E-state index contributed by atoms with van der Waals surface area (Å²) in [5.41, 5.74) is 1.55. The lowest BCUT2D eigenvalue weighted by atomic mass is 10.2. The van der Waals surface area contributed by atoms with E-state index in [0.717, 1.165) is 31.9 Å². The number of amides is 2. The average molecular weight is 446 g/mol. The van der Waals surface area contributed by atoms with Gasteiger partial charge in [0, 0.05) is 56.0 Å². The van der Waals surface area contributed by atoms with Crippen LogP contribution in [-0.2, 0) is 9.59 Å². The topological polar surface area (TPSA) is 108 Å². The van der Waals surface area contributed by atoms with E-state index in [4.69, 9.17) is 11.6 Å². The predicted molar refractivity (Wildman–Crippen MR) is 120 cm³/mol. The highest BCUT2D eigenvalue weighted by Crippen LogP contribution is 2.25. The number of carbonyl (C=O) groups is 2. The standard InChI is InChI=1S/C21H24ClN5O4/c1-15-2-7-18(19(14-15)27(30)31)24-21(29)20(28)23-8-9-25-10-12-26(13-11-25)17-5-3-16(22)4-6-17/h2-7,14H,8-13H2,1H3,(H,23,28)(H,24,29). The molecule has 0 spiro atoms. The lowest BCUT2D eigenvalue weighted by molar-refractivity contribution is -0.384. The van der Waals surface area contributed by atoms with E-state index in [2.05, 4.69) is 20.4 Å². The summed E-state index contributed by atoms with van der Waals surface area (Å²) in [7, 11) is 0. The van der Waals surface area contributed by atoms with Crippen LogP contribution < -0.4 is 15.5 Å². The van der Waals surface area contributed by atoms with Crippen LogP contribution in [0.2, 0.25) is 5.02 Å². The van der Waals surface area contributed by atoms with Gasteiger partial charge in [-0.2, -0.15) is 0 Å². The number of benzene rings is 2. The maximum absolute atomic E-state index is 12.1. The minimum absolute atomic E-state index is 0.00549. The quantitative estimate of drug-likeness (QED) is 0.401. The number of nitro groups is 1. The zero-order chi connectivity index (χ0) is 22.4. The molecule has 0 unspecified atom stereocenters. The van der Waals surface area contributed by atoms with Gasteiger partial charge in [-0.05, 0) is 42.8 Å². The Morgan fingerprint density at radius 1 is 1.06 bits per heavy atom. The van der Waals surface area contributed by atoms with Crippen LogP contribution in [0.1, 0.15) is 5.56 Å². The molecule has 2 aromatic rings. The second-order valence-corrected chi connectivity index (χ2v) is 7.73. The third-order valence-electron chi connectivity index (χ3n) is 5.08. The predicted octanol–water partition coefficient (Wildman–Crippen LogP) is 2.43. The smallest absolute Gasteiger partial charge is 0.313 e. The second kappa shape index (κ2) is 10.2. The minimum Gasteiger partial charge on any atom is -0.369 e. The molecule has 1 saturated heterocycles. The van der Waals surface area contributed by atoms with Crippen molar-refractivity contribution in [1.29, 1.82) is 0 Å². The molecule has 1 heterocycles. The molecule has 2 N–H and O–H groups in total. The Labute approximate surface area is 185 Å². The molecule has 0 aliphatic carbocycles. The van der Waals surface area contributed by atoms with Crippen LogP contribution in [0.25, 0.3) is 0 Å². The number of carbonyl (C=O) groups excluding carboxylic acids is 2. The molecule has 31 heavy (non-hydrogen) atoms. The molecule has 0 aromatic heterocycles. The van der Waals surface area contributed by atoms with Crippen LogP contribution in [0.4, 0.5) is 17.1 Å². The van der Waals surface area contributed by atoms with Crippen molar-refractivity contribution in [3.8, 4) is 0 Å². The molecular weight excluding hydrogens is 422 g/mol. The molecule has 0 atom stereocenters. The maximum atomic E-state index is 12.1. The van der Waals surface area contributed by atoms with E-state index in [1.807, 2.05) is 24.3 Å². The van der Waals surface area contributed by atoms with E-state index in [1.165, 1.54) is 12.1 Å². The van der Waals surface area contributed by atoms with Crippen molar-refractivity contribution in [2.75, 3.05) is 49.5 Å². The van der Waals surface area contributed by atoms with Crippen molar-refractivity contribution in [3.05, 3.63) is 63.2 Å². The Hall–Kier alpha value is -3.17. The number of anilines is 2. The van der Waals surface area contributed by atoms with Crippen molar-refractivity contribution in [3.63, 3.8) is 0 Å². The van der Waals surface area contributed by atoms with Crippen LogP contribution >= 0.6 is 11.6 Å². The number of hydrogen-bond acceptors (Lipinski definition) is 6. The third-order valence-corrected chi connectivity index (χ3v) is 5.33. The molecule has 10 heteroatoms. The Morgan fingerprint density at radius 3 is 2.39 bits per heavy atom. The lowest BCUT2D eigenvalue weighted by Crippen LogP contribution is -2.49. The normalized spacial score (nSPS) is 14.2. The molecule has 9 nitrogen and oxygen atoms in total. The fourth-order valence-electron chi connectivity index (χ4n) is 3.37. The molecule has 2 aromatic carbocycles. The second-order valence-electron chi connectivity index (χ2n) is 7.29. The van der Waals surface area contributed by atoms with Gasteiger partial charge in [0.15, 0.2) is 0 Å². The van der Waals surface area contributed by atoms with Gasteiger partial charge < -0.3 is 15.5 Å². The molecular formula is C21H24ClN5O4. The molecule has 1 aliphatic rings. The van der Waals surface area contributed by atoms with Gasteiger partial charge in [-0.1, -0.05) is 17.7 Å². The number of nitro benzene ring substituents is 1. The van der Waals surface area contributed by atoms with E-state index < -0.39 is 16.7 Å². The van der Waals surface area contributed by atoms with E-state index in [9.17, 15) is 19.7 Å². The van der Waals surface area contributed by atoms with Crippen LogP contribution in [0, 0.1) is 17.0 Å². The number of nitrogens with zero attached hydrogens (tertiary/aromatic N) is 3. The van der Waals surface area contributed by atoms with E-state index in [0.29, 0.717) is 23.7 Å². The fourth-order valence-corrected chi connectivity index (χ4v) is 3.49. The molecule has 0 radical (unpaired) electrons. The van der Waals surface area contributed by atoms with Crippen molar-refractivity contribution >= 4 is 40.5 Å². The highest BCUT2D eigenvalue weighted by Gasteiger charge is 2.21. The monoisotopic (exact) mass is 445 g/mol. The van der Waals surface area contributed by atoms with Crippen LogP contribution in [-0.4, -0.2) is 60.9 Å². The molecule has 0 bridgehead atoms. The number of rotatable bonds is 6. The Bertz CT molecular complexity index is 959. The van der Waals surface area contributed by atoms with Crippen molar-refractivity contribution in [2.24, 2.45) is 0 Å². The SMILES string of the molecule is Cc1ccc(NC(=O)C(=O)NCCN2CCN(c3ccc(Cl)cc3)CC2)c([N+](=O)[O-])c1. The third kappa shape index (κ3) is 6.16. The number of piperazine rings is 1. The Morgan fingerprint density at radius 2 is 1.74 bits per heavy atom. The van der Waals surface area contributed by atoms with E-state index >= 15 is 0 Å². The minimum atomic E-state index is -0.931. The van der Waals surface area contributed by atoms with Gasteiger partial charge in [-0.15, -0.1) is 0 Å². The first kappa shape index (κ1) is 22.5.